The summed E-state index contributed by atoms with van der Waals surface area (Å²) in [6.07, 6.45) is -3.41. The molecule has 8 nitrogen and oxygen atoms in total. The third-order valence-corrected chi connectivity index (χ3v) is 5.02. The van der Waals surface area contributed by atoms with Gasteiger partial charge in [0.25, 0.3) is 0 Å². The Kier molecular flexibility index (Phi) is 8.98. The Bertz CT molecular complexity index is 1100. The zero-order valence-corrected chi connectivity index (χ0v) is 19.1. The number of benzene rings is 2. The summed E-state index contributed by atoms with van der Waals surface area (Å²) >= 11 is 0. The number of carbonyl (C=O) groups is 1. The van der Waals surface area contributed by atoms with Crippen molar-refractivity contribution in [1.29, 1.82) is 0 Å². The van der Waals surface area contributed by atoms with E-state index in [4.69, 9.17) is 10.5 Å². The van der Waals surface area contributed by atoms with Crippen molar-refractivity contribution in [3.63, 3.8) is 0 Å². The van der Waals surface area contributed by atoms with Gasteiger partial charge in [0.15, 0.2) is 0 Å². The van der Waals surface area contributed by atoms with Crippen molar-refractivity contribution in [2.75, 3.05) is 38.2 Å². The number of nitrogens with zero attached hydrogens (tertiary/aromatic N) is 3. The molecule has 4 rings (SSSR count). The molecular weight excluding hydrogens is 463 g/mol. The van der Waals surface area contributed by atoms with Gasteiger partial charge in [-0.2, -0.15) is 0 Å². The Morgan fingerprint density at radius 2 is 1.83 bits per heavy atom. The Morgan fingerprint density at radius 3 is 2.43 bits per heavy atom. The van der Waals surface area contributed by atoms with Gasteiger partial charge in [0, 0.05) is 36.0 Å². The van der Waals surface area contributed by atoms with Crippen LogP contribution in [0.25, 0.3) is 11.3 Å². The first kappa shape index (κ1) is 25.9. The second-order valence-electron chi connectivity index (χ2n) is 7.48. The normalized spacial score (nSPS) is 13.9. The van der Waals surface area contributed by atoms with Crippen LogP contribution in [0.5, 0.6) is 5.75 Å². The van der Waals surface area contributed by atoms with Crippen molar-refractivity contribution in [3.8, 4) is 17.0 Å². The minimum absolute atomic E-state index is 0.320. The van der Waals surface area contributed by atoms with Gasteiger partial charge < -0.3 is 20.5 Å². The van der Waals surface area contributed by atoms with E-state index in [0.717, 1.165) is 26.3 Å². The average Bonchev–Trinajstić information content (AvgIpc) is 2.85. The Labute approximate surface area is 200 Å². The maximum absolute atomic E-state index is 12.2. The van der Waals surface area contributed by atoms with Crippen molar-refractivity contribution >= 4 is 17.4 Å². The van der Waals surface area contributed by atoms with E-state index in [1.807, 2.05) is 0 Å². The van der Waals surface area contributed by atoms with Gasteiger partial charge >= 0.3 is 6.36 Å². The molecule has 0 spiro atoms. The number of amides is 1. The van der Waals surface area contributed by atoms with Crippen molar-refractivity contribution in [2.24, 2.45) is 5.73 Å². The fourth-order valence-corrected chi connectivity index (χ4v) is 3.22. The van der Waals surface area contributed by atoms with E-state index < -0.39 is 12.3 Å². The topological polar surface area (TPSA) is 103 Å². The molecule has 0 bridgehead atoms. The number of rotatable bonds is 6. The van der Waals surface area contributed by atoms with Crippen LogP contribution in [-0.2, 0) is 4.74 Å². The zero-order valence-electron chi connectivity index (χ0n) is 19.1. The zero-order chi connectivity index (χ0) is 25.3. The lowest BCUT2D eigenvalue weighted by Crippen LogP contribution is -2.35. The highest BCUT2D eigenvalue weighted by atomic mass is 19.4. The van der Waals surface area contributed by atoms with Gasteiger partial charge in [0.1, 0.15) is 17.9 Å². The summed E-state index contributed by atoms with van der Waals surface area (Å²) in [5, 5.41) is 2.96. The number of alkyl halides is 3. The van der Waals surface area contributed by atoms with E-state index in [2.05, 4.69) is 31.8 Å². The van der Waals surface area contributed by atoms with Crippen LogP contribution in [0.2, 0.25) is 0 Å². The van der Waals surface area contributed by atoms with Crippen LogP contribution in [-0.4, -0.2) is 60.0 Å². The third-order valence-electron chi connectivity index (χ3n) is 5.02. The van der Waals surface area contributed by atoms with Crippen molar-refractivity contribution in [3.05, 3.63) is 66.5 Å². The number of aromatic nitrogens is 2. The van der Waals surface area contributed by atoms with Crippen LogP contribution >= 0.6 is 0 Å². The van der Waals surface area contributed by atoms with Crippen LogP contribution in [0.3, 0.4) is 0 Å². The number of nitrogens with two attached hydrogens (primary N) is 1. The summed E-state index contributed by atoms with van der Waals surface area (Å²) in [5.41, 5.74) is 7.36. The molecule has 186 valence electrons. The van der Waals surface area contributed by atoms with E-state index >= 15 is 0 Å². The quantitative estimate of drug-likeness (QED) is 0.534. The summed E-state index contributed by atoms with van der Waals surface area (Å²) in [4.78, 5) is 21.9. The number of hydrogen-bond acceptors (Lipinski definition) is 7. The standard InChI is InChI=1S/C18H13F3N4O2.C6H13NO/c19-18(20,21)27-14-6-4-13(5-7-14)25-16-9-15(23-10-24-16)11-2-1-3-12(8-11)17(22)26;1-2-7-3-5-8-6-4-7/h1-10H,(H2,22,26)(H,23,24,25);2-6H2,1H3. The summed E-state index contributed by atoms with van der Waals surface area (Å²) in [6.45, 7) is 7.45. The monoisotopic (exact) mass is 489 g/mol. The fourth-order valence-electron chi connectivity index (χ4n) is 3.22. The smallest absolute Gasteiger partial charge is 0.406 e. The molecule has 2 aromatic carbocycles. The van der Waals surface area contributed by atoms with Gasteiger partial charge in [-0.05, 0) is 42.9 Å². The lowest BCUT2D eigenvalue weighted by molar-refractivity contribution is -0.274. The van der Waals surface area contributed by atoms with E-state index in [1.165, 1.54) is 37.1 Å². The van der Waals surface area contributed by atoms with Crippen LogP contribution in [0.4, 0.5) is 24.7 Å². The minimum atomic E-state index is -4.74. The molecule has 1 aliphatic rings. The molecule has 0 radical (unpaired) electrons. The highest BCUT2D eigenvalue weighted by Crippen LogP contribution is 2.26. The molecule has 35 heavy (non-hydrogen) atoms. The molecule has 11 heteroatoms. The molecule has 1 aromatic heterocycles. The van der Waals surface area contributed by atoms with Crippen LogP contribution in [0.1, 0.15) is 17.3 Å². The molecule has 0 atom stereocenters. The number of likely N-dealkylation sites (N-methyl/N-ethyl adjacent to an activating group) is 1. The molecule has 1 fully saturated rings. The first-order valence-electron chi connectivity index (χ1n) is 10.9. The lowest BCUT2D eigenvalue weighted by Gasteiger charge is -2.24. The van der Waals surface area contributed by atoms with E-state index in [-0.39, 0.29) is 5.75 Å². The molecule has 3 N–H and O–H groups in total. The first-order valence-corrected chi connectivity index (χ1v) is 10.9. The molecule has 0 unspecified atom stereocenters. The SMILES string of the molecule is CCN1CCOCC1.NC(=O)c1cccc(-c2cc(Nc3ccc(OC(F)(F)F)cc3)ncn2)c1. The molecule has 1 amide bonds. The lowest BCUT2D eigenvalue weighted by atomic mass is 10.1. The van der Waals surface area contributed by atoms with Gasteiger partial charge in [-0.25, -0.2) is 9.97 Å². The number of hydrogen-bond donors (Lipinski definition) is 2. The van der Waals surface area contributed by atoms with E-state index in [1.54, 1.807) is 30.3 Å². The summed E-state index contributed by atoms with van der Waals surface area (Å²) in [7, 11) is 0. The molecule has 3 aromatic rings. The second kappa shape index (κ2) is 12.1. The number of primary amides is 1. The number of nitrogens with one attached hydrogen (secondary N) is 1. The third kappa shape index (κ3) is 8.54. The largest absolute Gasteiger partial charge is 0.573 e. The van der Waals surface area contributed by atoms with Crippen LogP contribution < -0.4 is 15.8 Å². The summed E-state index contributed by atoms with van der Waals surface area (Å²) in [5.74, 6) is -0.445. The number of anilines is 2. The predicted molar refractivity (Wildman–Crippen MR) is 125 cm³/mol. The highest BCUT2D eigenvalue weighted by molar-refractivity contribution is 5.94. The Balaban J connectivity index is 0.000000363. The molecule has 1 aliphatic heterocycles. The predicted octanol–water partition coefficient (Wildman–Crippen LogP) is 4.22. The van der Waals surface area contributed by atoms with Gasteiger partial charge in [0.05, 0.1) is 18.9 Å². The number of ether oxygens (including phenoxy) is 2. The maximum Gasteiger partial charge on any atom is 0.573 e. The molecule has 2 heterocycles. The van der Waals surface area contributed by atoms with E-state index in [0.29, 0.717) is 28.3 Å². The number of carbonyl (C=O) groups excluding carboxylic acids is 1. The number of halogens is 3. The number of morpholine rings is 1. The van der Waals surface area contributed by atoms with E-state index in [9.17, 15) is 18.0 Å². The molecule has 0 saturated carbocycles. The molecule has 1 saturated heterocycles. The average molecular weight is 489 g/mol. The van der Waals surface area contributed by atoms with Crippen LogP contribution in [0, 0.1) is 0 Å². The Hall–Kier alpha value is -3.70. The minimum Gasteiger partial charge on any atom is -0.406 e. The van der Waals surface area contributed by atoms with Crippen molar-refractivity contribution in [1.82, 2.24) is 14.9 Å². The maximum atomic E-state index is 12.2. The van der Waals surface area contributed by atoms with Gasteiger partial charge in [-0.15, -0.1) is 13.2 Å². The summed E-state index contributed by atoms with van der Waals surface area (Å²) in [6, 6.07) is 13.5. The Morgan fingerprint density at radius 1 is 1.11 bits per heavy atom. The molecular formula is C24H26F3N5O3. The highest BCUT2D eigenvalue weighted by Gasteiger charge is 2.30. The van der Waals surface area contributed by atoms with Crippen molar-refractivity contribution in [2.45, 2.75) is 13.3 Å². The van der Waals surface area contributed by atoms with Crippen LogP contribution in [0.15, 0.2) is 60.9 Å². The van der Waals surface area contributed by atoms with Gasteiger partial charge in [-0.3, -0.25) is 9.69 Å². The summed E-state index contributed by atoms with van der Waals surface area (Å²) < 4.78 is 45.5. The fraction of sp³-hybridized carbons (Fsp3) is 0.292. The first-order chi connectivity index (χ1) is 16.7. The molecule has 0 aliphatic carbocycles. The second-order valence-corrected chi connectivity index (χ2v) is 7.48. The van der Waals surface area contributed by atoms with Gasteiger partial charge in [-0.1, -0.05) is 19.1 Å². The van der Waals surface area contributed by atoms with Gasteiger partial charge in [0.2, 0.25) is 5.91 Å². The van der Waals surface area contributed by atoms with Crippen molar-refractivity contribution < 1.29 is 27.4 Å².